The van der Waals surface area contributed by atoms with Crippen molar-refractivity contribution >= 4 is 11.5 Å². The number of nitrogens with zero attached hydrogens (tertiary/aromatic N) is 2. The van der Waals surface area contributed by atoms with E-state index in [0.717, 1.165) is 30.2 Å². The number of pyridine rings is 1. The van der Waals surface area contributed by atoms with Crippen LogP contribution < -0.4 is 10.2 Å². The number of hydrogen-bond donors (Lipinski definition) is 2. The first-order chi connectivity index (χ1) is 9.83. The zero-order chi connectivity index (χ0) is 13.8. The van der Waals surface area contributed by atoms with Crippen molar-refractivity contribution in [3.8, 4) is 5.75 Å². The number of aromatic nitrogens is 1. The van der Waals surface area contributed by atoms with Crippen molar-refractivity contribution in [2.75, 3.05) is 23.3 Å². The van der Waals surface area contributed by atoms with Crippen LogP contribution in [0.1, 0.15) is 18.4 Å². The molecule has 0 bridgehead atoms. The molecule has 4 nitrogen and oxygen atoms in total. The van der Waals surface area contributed by atoms with E-state index in [-0.39, 0.29) is 0 Å². The summed E-state index contributed by atoms with van der Waals surface area (Å²) in [5.41, 5.74) is 2.11. The van der Waals surface area contributed by atoms with Crippen LogP contribution in [-0.4, -0.2) is 23.2 Å². The molecular formula is C16H19N3O. The van der Waals surface area contributed by atoms with E-state index in [1.807, 2.05) is 24.4 Å². The van der Waals surface area contributed by atoms with Crippen LogP contribution in [0.15, 0.2) is 42.6 Å². The molecule has 0 saturated carbocycles. The molecule has 20 heavy (non-hydrogen) atoms. The second-order valence-corrected chi connectivity index (χ2v) is 5.09. The fourth-order valence-electron chi connectivity index (χ4n) is 2.58. The zero-order valence-corrected chi connectivity index (χ0v) is 11.4. The molecule has 0 aliphatic carbocycles. The summed E-state index contributed by atoms with van der Waals surface area (Å²) in [6.07, 6.45) is 4.32. The summed E-state index contributed by atoms with van der Waals surface area (Å²) in [5.74, 6) is 1.33. The van der Waals surface area contributed by atoms with Crippen molar-refractivity contribution < 1.29 is 5.11 Å². The van der Waals surface area contributed by atoms with Crippen molar-refractivity contribution in [3.05, 3.63) is 48.2 Å². The van der Waals surface area contributed by atoms with Gasteiger partial charge in [0.15, 0.2) is 5.82 Å². The molecule has 1 fully saturated rings. The molecule has 0 unspecified atom stereocenters. The summed E-state index contributed by atoms with van der Waals surface area (Å²) >= 11 is 0. The monoisotopic (exact) mass is 269 g/mol. The Balaban J connectivity index is 1.74. The molecule has 0 amide bonds. The lowest BCUT2D eigenvalue weighted by molar-refractivity contribution is 0.474. The lowest BCUT2D eigenvalue weighted by atomic mass is 10.2. The molecule has 1 saturated heterocycles. The van der Waals surface area contributed by atoms with Crippen molar-refractivity contribution in [1.29, 1.82) is 0 Å². The van der Waals surface area contributed by atoms with Crippen LogP contribution in [0.25, 0.3) is 0 Å². The third kappa shape index (κ3) is 2.85. The van der Waals surface area contributed by atoms with E-state index in [4.69, 9.17) is 0 Å². The van der Waals surface area contributed by atoms with Gasteiger partial charge in [0.2, 0.25) is 0 Å². The third-order valence-electron chi connectivity index (χ3n) is 3.59. The molecule has 2 N–H and O–H groups in total. The first-order valence-corrected chi connectivity index (χ1v) is 7.05. The van der Waals surface area contributed by atoms with Crippen LogP contribution >= 0.6 is 0 Å². The van der Waals surface area contributed by atoms with Gasteiger partial charge in [-0.05, 0) is 42.7 Å². The Morgan fingerprint density at radius 3 is 2.80 bits per heavy atom. The van der Waals surface area contributed by atoms with Gasteiger partial charge in [0, 0.05) is 25.8 Å². The lowest BCUT2D eigenvalue weighted by Gasteiger charge is -2.20. The highest BCUT2D eigenvalue weighted by Crippen LogP contribution is 2.26. The zero-order valence-electron chi connectivity index (χ0n) is 11.4. The van der Waals surface area contributed by atoms with E-state index in [0.29, 0.717) is 12.3 Å². The summed E-state index contributed by atoms with van der Waals surface area (Å²) in [6.45, 7) is 2.84. The van der Waals surface area contributed by atoms with Gasteiger partial charge in [-0.1, -0.05) is 12.1 Å². The van der Waals surface area contributed by atoms with Crippen LogP contribution in [0.3, 0.4) is 0 Å². The molecular weight excluding hydrogens is 250 g/mol. The molecule has 0 radical (unpaired) electrons. The van der Waals surface area contributed by atoms with Gasteiger partial charge >= 0.3 is 0 Å². The number of nitrogens with one attached hydrogen (secondary N) is 1. The molecule has 1 aliphatic rings. The Morgan fingerprint density at radius 2 is 2.00 bits per heavy atom. The Kier molecular flexibility index (Phi) is 3.72. The van der Waals surface area contributed by atoms with Gasteiger partial charge in [-0.2, -0.15) is 0 Å². The average Bonchev–Trinajstić information content (AvgIpc) is 3.00. The highest BCUT2D eigenvalue weighted by atomic mass is 16.3. The molecule has 1 aromatic carbocycles. The van der Waals surface area contributed by atoms with Gasteiger partial charge in [0.25, 0.3) is 0 Å². The molecule has 104 valence electrons. The minimum atomic E-state index is 0.301. The Morgan fingerprint density at radius 1 is 1.15 bits per heavy atom. The number of phenolic OH excluding ortho intramolecular Hbond substituents is 1. The van der Waals surface area contributed by atoms with E-state index in [9.17, 15) is 5.11 Å². The highest BCUT2D eigenvalue weighted by molar-refractivity contribution is 5.65. The first-order valence-electron chi connectivity index (χ1n) is 7.05. The fourth-order valence-corrected chi connectivity index (χ4v) is 2.58. The highest BCUT2D eigenvalue weighted by Gasteiger charge is 2.16. The second kappa shape index (κ2) is 5.82. The van der Waals surface area contributed by atoms with E-state index in [2.05, 4.69) is 21.3 Å². The van der Waals surface area contributed by atoms with Crippen molar-refractivity contribution in [2.24, 2.45) is 0 Å². The Bertz CT molecular complexity index is 579. The number of hydrogen-bond acceptors (Lipinski definition) is 4. The molecule has 4 heteroatoms. The average molecular weight is 269 g/mol. The van der Waals surface area contributed by atoms with E-state index < -0.39 is 0 Å². The fraction of sp³-hybridized carbons (Fsp3) is 0.312. The predicted octanol–water partition coefficient (Wildman–Crippen LogP) is 3.00. The molecule has 2 heterocycles. The van der Waals surface area contributed by atoms with E-state index in [1.165, 1.54) is 12.8 Å². The van der Waals surface area contributed by atoms with Crippen LogP contribution in [-0.2, 0) is 6.54 Å². The lowest BCUT2D eigenvalue weighted by Crippen LogP contribution is -2.20. The Hall–Kier alpha value is -2.23. The van der Waals surface area contributed by atoms with Crippen molar-refractivity contribution in [1.82, 2.24) is 4.98 Å². The predicted molar refractivity (Wildman–Crippen MR) is 81.1 cm³/mol. The molecule has 1 aromatic heterocycles. The third-order valence-corrected chi connectivity index (χ3v) is 3.59. The van der Waals surface area contributed by atoms with E-state index in [1.54, 1.807) is 12.1 Å². The van der Waals surface area contributed by atoms with Gasteiger partial charge in [0.05, 0.1) is 5.69 Å². The SMILES string of the molecule is Oc1cccc(CNc2cccnc2N2CCCC2)c1. The van der Waals surface area contributed by atoms with Crippen LogP contribution in [0, 0.1) is 0 Å². The summed E-state index contributed by atoms with van der Waals surface area (Å²) in [5, 5.41) is 12.9. The smallest absolute Gasteiger partial charge is 0.151 e. The van der Waals surface area contributed by atoms with Crippen LogP contribution in [0.2, 0.25) is 0 Å². The Labute approximate surface area is 119 Å². The van der Waals surface area contributed by atoms with Crippen molar-refractivity contribution in [3.63, 3.8) is 0 Å². The second-order valence-electron chi connectivity index (χ2n) is 5.09. The quantitative estimate of drug-likeness (QED) is 0.896. The normalized spacial score (nSPS) is 14.5. The number of benzene rings is 1. The molecule has 0 atom stereocenters. The van der Waals surface area contributed by atoms with Gasteiger partial charge in [-0.25, -0.2) is 4.98 Å². The van der Waals surface area contributed by atoms with Gasteiger partial charge < -0.3 is 15.3 Å². The maximum Gasteiger partial charge on any atom is 0.151 e. The number of rotatable bonds is 4. The molecule has 1 aliphatic heterocycles. The summed E-state index contributed by atoms with van der Waals surface area (Å²) in [7, 11) is 0. The van der Waals surface area contributed by atoms with Crippen molar-refractivity contribution in [2.45, 2.75) is 19.4 Å². The summed E-state index contributed by atoms with van der Waals surface area (Å²) in [6, 6.07) is 11.3. The summed E-state index contributed by atoms with van der Waals surface area (Å²) in [4.78, 5) is 6.83. The standard InChI is InChI=1S/C16H19N3O/c20-14-6-3-5-13(11-14)12-18-15-7-4-8-17-16(15)19-9-1-2-10-19/h3-8,11,18,20H,1-2,9-10,12H2. The molecule has 3 rings (SSSR count). The van der Waals surface area contributed by atoms with E-state index >= 15 is 0 Å². The van der Waals surface area contributed by atoms with Crippen LogP contribution in [0.5, 0.6) is 5.75 Å². The molecule has 0 spiro atoms. The van der Waals surface area contributed by atoms with Crippen LogP contribution in [0.4, 0.5) is 11.5 Å². The van der Waals surface area contributed by atoms with Gasteiger partial charge in [0.1, 0.15) is 5.75 Å². The first kappa shape index (κ1) is 12.8. The number of anilines is 2. The van der Waals surface area contributed by atoms with Gasteiger partial charge in [-0.3, -0.25) is 0 Å². The topological polar surface area (TPSA) is 48.4 Å². The minimum absolute atomic E-state index is 0.301. The maximum atomic E-state index is 9.49. The molecule has 2 aromatic rings. The van der Waals surface area contributed by atoms with Gasteiger partial charge in [-0.15, -0.1) is 0 Å². The largest absolute Gasteiger partial charge is 0.508 e. The summed E-state index contributed by atoms with van der Waals surface area (Å²) < 4.78 is 0. The maximum absolute atomic E-state index is 9.49. The number of phenols is 1. The minimum Gasteiger partial charge on any atom is -0.508 e. The number of aromatic hydroxyl groups is 1.